The van der Waals surface area contributed by atoms with Crippen LogP contribution in [0.2, 0.25) is 0 Å². The summed E-state index contributed by atoms with van der Waals surface area (Å²) in [5.41, 5.74) is 1.08. The lowest BCUT2D eigenvalue weighted by molar-refractivity contribution is 0.577. The highest BCUT2D eigenvalue weighted by Gasteiger charge is 2.04. The third kappa shape index (κ3) is 4.73. The van der Waals surface area contributed by atoms with Crippen LogP contribution in [-0.4, -0.2) is 37.0 Å². The Labute approximate surface area is 96.1 Å². The van der Waals surface area contributed by atoms with Crippen LogP contribution in [0.3, 0.4) is 0 Å². The Bertz CT molecular complexity index is 413. The molecule has 0 saturated heterocycles. The Morgan fingerprint density at radius 1 is 1.44 bits per heavy atom. The zero-order valence-corrected chi connectivity index (χ0v) is 10.4. The quantitative estimate of drug-likeness (QED) is 0.633. The topological polar surface area (TPSA) is 76.0 Å². The van der Waals surface area contributed by atoms with E-state index >= 15 is 0 Å². The highest BCUT2D eigenvalue weighted by Crippen LogP contribution is 1.93. The first-order valence-corrected chi connectivity index (χ1v) is 6.84. The number of nitrogens with zero attached hydrogens (tertiary/aromatic N) is 2. The summed E-state index contributed by atoms with van der Waals surface area (Å²) in [6.07, 6.45) is 3.70. The first kappa shape index (κ1) is 13.1. The molecule has 0 unspecified atom stereocenters. The van der Waals surface area contributed by atoms with Gasteiger partial charge in [-0.1, -0.05) is 0 Å². The third-order valence-electron chi connectivity index (χ3n) is 2.09. The fraction of sp³-hybridized carbons (Fsp3) is 0.667. The number of aryl methyl sites for hydroxylation is 1. The van der Waals surface area contributed by atoms with Crippen LogP contribution in [0.15, 0.2) is 12.4 Å². The maximum absolute atomic E-state index is 11.1. The summed E-state index contributed by atoms with van der Waals surface area (Å²) in [7, 11) is -1.21. The average Bonchev–Trinajstić information content (AvgIpc) is 2.64. The molecule has 1 rings (SSSR count). The number of rotatable bonds is 7. The summed E-state index contributed by atoms with van der Waals surface area (Å²) >= 11 is 0. The second-order valence-corrected chi connectivity index (χ2v) is 5.59. The van der Waals surface area contributed by atoms with Crippen molar-refractivity contribution in [3.05, 3.63) is 18.0 Å². The molecule has 0 spiro atoms. The number of aromatic nitrogens is 2. The van der Waals surface area contributed by atoms with E-state index in [9.17, 15) is 8.42 Å². The predicted molar refractivity (Wildman–Crippen MR) is 62.4 cm³/mol. The average molecular weight is 246 g/mol. The van der Waals surface area contributed by atoms with Crippen LogP contribution in [0.25, 0.3) is 0 Å². The van der Waals surface area contributed by atoms with Gasteiger partial charge in [0, 0.05) is 38.4 Å². The third-order valence-corrected chi connectivity index (χ3v) is 3.50. The van der Waals surface area contributed by atoms with Crippen LogP contribution >= 0.6 is 0 Å². The maximum atomic E-state index is 11.1. The van der Waals surface area contributed by atoms with Crippen molar-refractivity contribution >= 4 is 10.0 Å². The van der Waals surface area contributed by atoms with Crippen LogP contribution in [-0.2, 0) is 23.6 Å². The lowest BCUT2D eigenvalue weighted by Gasteiger charge is -2.05. The van der Waals surface area contributed by atoms with E-state index in [1.165, 1.54) is 0 Å². The minimum absolute atomic E-state index is 0.121. The Morgan fingerprint density at radius 3 is 2.75 bits per heavy atom. The SMILES string of the molecule is CCS(=O)(=O)NCCNCc1cnn(C)c1. The Hall–Kier alpha value is -0.920. The highest BCUT2D eigenvalue weighted by atomic mass is 32.2. The van der Waals surface area contributed by atoms with Gasteiger partial charge in [-0.15, -0.1) is 0 Å². The molecule has 0 radical (unpaired) electrons. The molecular formula is C9H18N4O2S. The summed E-state index contributed by atoms with van der Waals surface area (Å²) in [6.45, 7) is 3.33. The molecule has 6 nitrogen and oxygen atoms in total. The van der Waals surface area contributed by atoms with E-state index in [0.717, 1.165) is 5.56 Å². The summed E-state index contributed by atoms with van der Waals surface area (Å²) in [5, 5.41) is 7.16. The molecule has 0 aliphatic carbocycles. The molecule has 0 amide bonds. The summed E-state index contributed by atoms with van der Waals surface area (Å²) in [6, 6.07) is 0. The smallest absolute Gasteiger partial charge is 0.211 e. The van der Waals surface area contributed by atoms with Crippen LogP contribution in [0.1, 0.15) is 12.5 Å². The van der Waals surface area contributed by atoms with E-state index in [0.29, 0.717) is 19.6 Å². The van der Waals surface area contributed by atoms with Gasteiger partial charge in [0.05, 0.1) is 11.9 Å². The molecule has 0 aliphatic rings. The van der Waals surface area contributed by atoms with Gasteiger partial charge in [-0.3, -0.25) is 4.68 Å². The van der Waals surface area contributed by atoms with Gasteiger partial charge in [-0.2, -0.15) is 5.10 Å². The number of hydrogen-bond donors (Lipinski definition) is 2. The lowest BCUT2D eigenvalue weighted by atomic mass is 10.3. The van der Waals surface area contributed by atoms with Crippen LogP contribution < -0.4 is 10.0 Å². The molecule has 0 aromatic carbocycles. The number of sulfonamides is 1. The van der Waals surface area contributed by atoms with Crippen molar-refractivity contribution in [2.24, 2.45) is 7.05 Å². The fourth-order valence-electron chi connectivity index (χ4n) is 1.19. The number of nitrogens with one attached hydrogen (secondary N) is 2. The van der Waals surface area contributed by atoms with Crippen LogP contribution in [0.4, 0.5) is 0 Å². The molecule has 0 aliphatic heterocycles. The zero-order valence-electron chi connectivity index (χ0n) is 9.60. The van der Waals surface area contributed by atoms with Crippen molar-refractivity contribution < 1.29 is 8.42 Å². The summed E-state index contributed by atoms with van der Waals surface area (Å²) in [5.74, 6) is 0.121. The van der Waals surface area contributed by atoms with Gasteiger partial charge in [0.25, 0.3) is 0 Å². The summed E-state index contributed by atoms with van der Waals surface area (Å²) in [4.78, 5) is 0. The molecule has 1 aromatic heterocycles. The molecule has 0 fully saturated rings. The predicted octanol–water partition coefficient (Wildman–Crippen LogP) is -0.551. The van der Waals surface area contributed by atoms with Gasteiger partial charge in [0.1, 0.15) is 0 Å². The normalized spacial score (nSPS) is 11.9. The molecule has 1 aromatic rings. The molecule has 1 heterocycles. The molecule has 2 N–H and O–H groups in total. The Morgan fingerprint density at radius 2 is 2.19 bits per heavy atom. The van der Waals surface area contributed by atoms with Crippen molar-refractivity contribution in [1.82, 2.24) is 19.8 Å². The monoisotopic (exact) mass is 246 g/mol. The van der Waals surface area contributed by atoms with Crippen LogP contribution in [0, 0.1) is 0 Å². The largest absolute Gasteiger partial charge is 0.311 e. The van der Waals surface area contributed by atoms with Crippen LogP contribution in [0.5, 0.6) is 0 Å². The number of hydrogen-bond acceptors (Lipinski definition) is 4. The highest BCUT2D eigenvalue weighted by molar-refractivity contribution is 7.89. The molecule has 16 heavy (non-hydrogen) atoms. The van der Waals surface area contributed by atoms with Gasteiger partial charge < -0.3 is 5.32 Å². The van der Waals surface area contributed by atoms with E-state index in [4.69, 9.17) is 0 Å². The van der Waals surface area contributed by atoms with Crippen molar-refractivity contribution in [3.8, 4) is 0 Å². The molecule has 0 saturated carbocycles. The van der Waals surface area contributed by atoms with Crippen molar-refractivity contribution in [3.63, 3.8) is 0 Å². The summed E-state index contributed by atoms with van der Waals surface area (Å²) < 4.78 is 26.4. The van der Waals surface area contributed by atoms with E-state index < -0.39 is 10.0 Å². The van der Waals surface area contributed by atoms with Gasteiger partial charge in [-0.25, -0.2) is 13.1 Å². The van der Waals surface area contributed by atoms with Gasteiger partial charge in [0.15, 0.2) is 0 Å². The van der Waals surface area contributed by atoms with E-state index in [2.05, 4.69) is 15.1 Å². The molecule has 0 atom stereocenters. The first-order chi connectivity index (χ1) is 7.53. The standard InChI is InChI=1S/C9H18N4O2S/c1-3-16(14,15)12-5-4-10-6-9-7-11-13(2)8-9/h7-8,10,12H,3-6H2,1-2H3. The fourth-order valence-corrected chi connectivity index (χ4v) is 1.81. The zero-order chi connectivity index (χ0) is 12.0. The Kier molecular flexibility index (Phi) is 4.91. The van der Waals surface area contributed by atoms with Crippen molar-refractivity contribution in [1.29, 1.82) is 0 Å². The van der Waals surface area contributed by atoms with Gasteiger partial charge in [-0.05, 0) is 6.92 Å². The first-order valence-electron chi connectivity index (χ1n) is 5.19. The molecule has 7 heteroatoms. The minimum atomic E-state index is -3.07. The second kappa shape index (κ2) is 5.97. The van der Waals surface area contributed by atoms with Gasteiger partial charge in [0.2, 0.25) is 10.0 Å². The van der Waals surface area contributed by atoms with Crippen molar-refractivity contribution in [2.45, 2.75) is 13.5 Å². The molecular weight excluding hydrogens is 228 g/mol. The van der Waals surface area contributed by atoms with Gasteiger partial charge >= 0.3 is 0 Å². The maximum Gasteiger partial charge on any atom is 0.211 e. The second-order valence-electron chi connectivity index (χ2n) is 3.50. The van der Waals surface area contributed by atoms with E-state index in [1.54, 1.807) is 17.8 Å². The molecule has 0 bridgehead atoms. The van der Waals surface area contributed by atoms with E-state index in [1.807, 2.05) is 13.2 Å². The van der Waals surface area contributed by atoms with Crippen molar-refractivity contribution in [2.75, 3.05) is 18.8 Å². The lowest BCUT2D eigenvalue weighted by Crippen LogP contribution is -2.32. The van der Waals surface area contributed by atoms with E-state index in [-0.39, 0.29) is 5.75 Å². The minimum Gasteiger partial charge on any atom is -0.311 e. The molecule has 92 valence electrons. The Balaban J connectivity index is 2.13.